The number of carbonyl (C=O) groups excluding carboxylic acids is 1. The van der Waals surface area contributed by atoms with E-state index in [2.05, 4.69) is 10.2 Å². The Kier molecular flexibility index (Phi) is 5.25. The van der Waals surface area contributed by atoms with Crippen molar-refractivity contribution in [2.45, 2.75) is 31.7 Å². The molecule has 2 aliphatic heterocycles. The molecule has 4 rings (SSSR count). The quantitative estimate of drug-likeness (QED) is 0.896. The van der Waals surface area contributed by atoms with Crippen LogP contribution in [0.25, 0.3) is 0 Å². The lowest BCUT2D eigenvalue weighted by molar-refractivity contribution is -0.126. The largest absolute Gasteiger partial charge is 0.492 e. The maximum Gasteiger partial charge on any atom is 0.226 e. The number of hydrogen-bond donors (Lipinski definition) is 1. The van der Waals surface area contributed by atoms with E-state index in [1.165, 1.54) is 19.3 Å². The number of benzene rings is 1. The number of para-hydroxylation sites is 1. The Bertz CT molecular complexity index is 723. The van der Waals surface area contributed by atoms with Crippen molar-refractivity contribution >= 4 is 5.91 Å². The number of fused-ring (bicyclic) bond motifs is 1. The van der Waals surface area contributed by atoms with Crippen LogP contribution in [0.2, 0.25) is 0 Å². The highest BCUT2D eigenvalue weighted by molar-refractivity contribution is 5.79. The molecule has 0 bridgehead atoms. The van der Waals surface area contributed by atoms with Gasteiger partial charge in [-0.15, -0.1) is 0 Å². The monoisotopic (exact) mass is 354 g/mol. The summed E-state index contributed by atoms with van der Waals surface area (Å²) in [6.45, 7) is 3.13. The second-order valence-corrected chi connectivity index (χ2v) is 7.19. The number of amides is 1. The number of nitrogens with zero attached hydrogens (tertiary/aromatic N) is 1. The number of ether oxygens (including phenoxy) is 1. The van der Waals surface area contributed by atoms with Gasteiger partial charge < -0.3 is 14.5 Å². The van der Waals surface area contributed by atoms with Crippen molar-refractivity contribution in [3.05, 3.63) is 54.0 Å². The van der Waals surface area contributed by atoms with Gasteiger partial charge >= 0.3 is 0 Å². The topological polar surface area (TPSA) is 54.7 Å². The molecule has 5 heteroatoms. The molecule has 26 heavy (non-hydrogen) atoms. The van der Waals surface area contributed by atoms with Gasteiger partial charge in [-0.25, -0.2) is 0 Å². The summed E-state index contributed by atoms with van der Waals surface area (Å²) in [6.07, 6.45) is 6.14. The van der Waals surface area contributed by atoms with Crippen LogP contribution in [0.15, 0.2) is 47.1 Å². The smallest absolute Gasteiger partial charge is 0.226 e. The van der Waals surface area contributed by atoms with Gasteiger partial charge in [0.2, 0.25) is 5.91 Å². The third-order valence-electron chi connectivity index (χ3n) is 5.42. The van der Waals surface area contributed by atoms with Gasteiger partial charge in [0.05, 0.1) is 18.2 Å². The fourth-order valence-corrected chi connectivity index (χ4v) is 3.96. The van der Waals surface area contributed by atoms with E-state index < -0.39 is 0 Å². The summed E-state index contributed by atoms with van der Waals surface area (Å²) in [4.78, 5) is 15.2. The van der Waals surface area contributed by atoms with Crippen molar-refractivity contribution in [3.8, 4) is 5.75 Å². The number of likely N-dealkylation sites (tertiary alicyclic amines) is 1. The number of nitrogens with one attached hydrogen (secondary N) is 1. The summed E-state index contributed by atoms with van der Waals surface area (Å²) in [5.41, 5.74) is 1.11. The maximum absolute atomic E-state index is 12.7. The third kappa shape index (κ3) is 3.78. The van der Waals surface area contributed by atoms with Crippen molar-refractivity contribution in [1.29, 1.82) is 0 Å². The molecule has 1 N–H and O–H groups in total. The first-order valence-corrected chi connectivity index (χ1v) is 9.57. The summed E-state index contributed by atoms with van der Waals surface area (Å²) >= 11 is 0. The van der Waals surface area contributed by atoms with Crippen LogP contribution in [0.1, 0.15) is 36.6 Å². The zero-order chi connectivity index (χ0) is 17.8. The van der Waals surface area contributed by atoms with Gasteiger partial charge in [0.25, 0.3) is 0 Å². The third-order valence-corrected chi connectivity index (χ3v) is 5.42. The van der Waals surface area contributed by atoms with E-state index in [0.29, 0.717) is 13.2 Å². The molecule has 3 heterocycles. The van der Waals surface area contributed by atoms with Crippen LogP contribution in [-0.2, 0) is 11.2 Å². The molecule has 0 radical (unpaired) electrons. The summed E-state index contributed by atoms with van der Waals surface area (Å²) in [5.74, 6) is 1.76. The maximum atomic E-state index is 12.7. The van der Waals surface area contributed by atoms with E-state index in [-0.39, 0.29) is 17.9 Å². The van der Waals surface area contributed by atoms with Crippen LogP contribution in [0.5, 0.6) is 5.75 Å². The van der Waals surface area contributed by atoms with Crippen molar-refractivity contribution in [2.75, 3.05) is 26.2 Å². The molecule has 0 aliphatic carbocycles. The molecule has 1 aromatic heterocycles. The molecule has 0 saturated carbocycles. The second-order valence-electron chi connectivity index (χ2n) is 7.19. The highest BCUT2D eigenvalue weighted by atomic mass is 16.5. The molecule has 2 atom stereocenters. The summed E-state index contributed by atoms with van der Waals surface area (Å²) in [6, 6.07) is 12.0. The van der Waals surface area contributed by atoms with Crippen LogP contribution in [0, 0.1) is 5.92 Å². The normalized spacial score (nSPS) is 21.5. The molecule has 1 fully saturated rings. The Balaban J connectivity index is 1.39. The lowest BCUT2D eigenvalue weighted by Crippen LogP contribution is -2.43. The minimum absolute atomic E-state index is 0.0630. The van der Waals surface area contributed by atoms with Crippen LogP contribution in [-0.4, -0.2) is 37.0 Å². The predicted molar refractivity (Wildman–Crippen MR) is 99.0 cm³/mol. The van der Waals surface area contributed by atoms with Crippen LogP contribution < -0.4 is 10.1 Å². The zero-order valence-corrected chi connectivity index (χ0v) is 15.0. The molecule has 0 spiro atoms. The van der Waals surface area contributed by atoms with Gasteiger partial charge in [-0.2, -0.15) is 0 Å². The Morgan fingerprint density at radius 2 is 2.00 bits per heavy atom. The van der Waals surface area contributed by atoms with Crippen molar-refractivity contribution in [3.63, 3.8) is 0 Å². The number of hydrogen-bond acceptors (Lipinski definition) is 4. The summed E-state index contributed by atoms with van der Waals surface area (Å²) < 4.78 is 11.4. The first-order valence-electron chi connectivity index (χ1n) is 9.57. The molecular formula is C21H26N2O3. The number of piperidine rings is 1. The van der Waals surface area contributed by atoms with Crippen molar-refractivity contribution in [1.82, 2.24) is 10.2 Å². The van der Waals surface area contributed by atoms with Gasteiger partial charge in [0, 0.05) is 6.54 Å². The van der Waals surface area contributed by atoms with Gasteiger partial charge in [-0.1, -0.05) is 24.6 Å². The standard InChI is InChI=1S/C21H26N2O3/c24-21(17-13-16-7-2-3-8-19(16)26-15-17)22-14-18(20-9-6-12-25-20)23-10-4-1-5-11-23/h2-3,6-9,12,17-18H,1,4-5,10-11,13-15H2,(H,22,24). The van der Waals surface area contributed by atoms with Crippen LogP contribution in [0.3, 0.4) is 0 Å². The Morgan fingerprint density at radius 1 is 1.15 bits per heavy atom. The van der Waals surface area contributed by atoms with Crippen molar-refractivity contribution < 1.29 is 13.9 Å². The van der Waals surface area contributed by atoms with E-state index in [1.54, 1.807) is 6.26 Å². The van der Waals surface area contributed by atoms with Gasteiger partial charge in [-0.3, -0.25) is 9.69 Å². The average Bonchev–Trinajstić information content (AvgIpc) is 3.23. The van der Waals surface area contributed by atoms with Gasteiger partial charge in [0.1, 0.15) is 18.1 Å². The highest BCUT2D eigenvalue weighted by Crippen LogP contribution is 2.28. The first kappa shape index (κ1) is 17.2. The van der Waals surface area contributed by atoms with Gasteiger partial charge in [-0.05, 0) is 56.1 Å². The minimum Gasteiger partial charge on any atom is -0.492 e. The second kappa shape index (κ2) is 7.96. The fraction of sp³-hybridized carbons (Fsp3) is 0.476. The van der Waals surface area contributed by atoms with E-state index in [4.69, 9.17) is 9.15 Å². The molecule has 1 aromatic carbocycles. The molecule has 138 valence electrons. The van der Waals surface area contributed by atoms with Crippen LogP contribution in [0.4, 0.5) is 0 Å². The molecule has 1 saturated heterocycles. The number of carbonyl (C=O) groups is 1. The van der Waals surface area contributed by atoms with Gasteiger partial charge in [0.15, 0.2) is 0 Å². The fourth-order valence-electron chi connectivity index (χ4n) is 3.96. The Labute approximate surface area is 154 Å². The van der Waals surface area contributed by atoms with Crippen LogP contribution >= 0.6 is 0 Å². The average molecular weight is 354 g/mol. The minimum atomic E-state index is -0.136. The Morgan fingerprint density at radius 3 is 2.81 bits per heavy atom. The van der Waals surface area contributed by atoms with E-state index in [9.17, 15) is 4.79 Å². The lowest BCUT2D eigenvalue weighted by atomic mass is 9.96. The van der Waals surface area contributed by atoms with E-state index in [1.807, 2.05) is 36.4 Å². The Hall–Kier alpha value is -2.27. The summed E-state index contributed by atoms with van der Waals surface area (Å²) in [5, 5.41) is 3.15. The molecular weight excluding hydrogens is 328 g/mol. The zero-order valence-electron chi connectivity index (χ0n) is 15.0. The predicted octanol–water partition coefficient (Wildman–Crippen LogP) is 3.17. The molecule has 2 unspecified atom stereocenters. The van der Waals surface area contributed by atoms with E-state index >= 15 is 0 Å². The summed E-state index contributed by atoms with van der Waals surface area (Å²) in [7, 11) is 0. The van der Waals surface area contributed by atoms with Crippen molar-refractivity contribution in [2.24, 2.45) is 5.92 Å². The SMILES string of the molecule is O=C(NCC(c1ccco1)N1CCCCC1)C1COc2ccccc2C1. The molecule has 1 amide bonds. The molecule has 5 nitrogen and oxygen atoms in total. The van der Waals surface area contributed by atoms with E-state index in [0.717, 1.165) is 36.6 Å². The number of rotatable bonds is 5. The number of furan rings is 1. The highest BCUT2D eigenvalue weighted by Gasteiger charge is 2.29. The molecule has 2 aromatic rings. The first-order chi connectivity index (χ1) is 12.8. The lowest BCUT2D eigenvalue weighted by Gasteiger charge is -2.34. The molecule has 2 aliphatic rings.